The molecule has 0 aliphatic carbocycles. The number of rotatable bonds is 44. The van der Waals surface area contributed by atoms with E-state index >= 15 is 0 Å². The van der Waals surface area contributed by atoms with Crippen molar-refractivity contribution in [1.82, 2.24) is 5.32 Å². The Labute approximate surface area is 390 Å². The van der Waals surface area contributed by atoms with E-state index < -0.39 is 74.2 Å². The Morgan fingerprint density at radius 3 is 1.39 bits per heavy atom. The minimum atomic E-state index is -1.67. The van der Waals surface area contributed by atoms with E-state index in [1.807, 2.05) is 0 Å². The van der Waals surface area contributed by atoms with Gasteiger partial charge in [-0.05, 0) is 77.0 Å². The lowest BCUT2D eigenvalue weighted by Crippen LogP contribution is -2.60. The average Bonchev–Trinajstić information content (AvgIpc) is 3.29. The van der Waals surface area contributed by atoms with Crippen LogP contribution < -0.4 is 5.32 Å². The first kappa shape index (κ1) is 60.3. The summed E-state index contributed by atoms with van der Waals surface area (Å²) >= 11 is 0. The highest BCUT2D eigenvalue weighted by Gasteiger charge is 2.44. The van der Waals surface area contributed by atoms with Crippen LogP contribution in [0, 0.1) is 0 Å². The number of aliphatic hydroxyl groups is 7. The summed E-state index contributed by atoms with van der Waals surface area (Å²) in [4.78, 5) is 13.1. The van der Waals surface area contributed by atoms with Crippen LogP contribution in [0.3, 0.4) is 0 Å². The van der Waals surface area contributed by atoms with Crippen LogP contribution in [0.1, 0.15) is 226 Å². The number of aliphatic hydroxyl groups excluding tert-OH is 7. The molecule has 11 nitrogen and oxygen atoms in total. The van der Waals surface area contributed by atoms with Crippen LogP contribution in [-0.4, -0.2) is 110 Å². The van der Waals surface area contributed by atoms with E-state index in [0.717, 1.165) is 57.8 Å². The molecule has 0 saturated carbocycles. The first-order valence-corrected chi connectivity index (χ1v) is 26.4. The van der Waals surface area contributed by atoms with Crippen LogP contribution in [0.4, 0.5) is 0 Å². The third-order valence-electron chi connectivity index (χ3n) is 12.6. The third kappa shape index (κ3) is 31.3. The largest absolute Gasteiger partial charge is 0.394 e. The highest BCUT2D eigenvalue weighted by molar-refractivity contribution is 5.80. The normalized spacial score (nSPS) is 21.3. The fourth-order valence-corrected chi connectivity index (χ4v) is 8.28. The van der Waals surface area contributed by atoms with Gasteiger partial charge in [-0.15, -0.1) is 0 Å². The maximum Gasteiger partial charge on any atom is 0.249 e. The molecular weight excluding hydrogens is 811 g/mol. The SMILES string of the molecule is CCCCCCCCCC/C=C/CC/C=C/CCCC(O)C(O)C(COC1OC(CO)C(O)C(O)C1O)NC(=O)C(O)CCCCCCCC/C=C\CCCCCCCCCCCC. The van der Waals surface area contributed by atoms with Gasteiger partial charge in [0.2, 0.25) is 5.91 Å². The van der Waals surface area contributed by atoms with Gasteiger partial charge in [0.1, 0.15) is 36.6 Å². The van der Waals surface area contributed by atoms with Crippen LogP contribution in [-0.2, 0) is 14.3 Å². The average molecular weight is 910 g/mol. The van der Waals surface area contributed by atoms with E-state index in [4.69, 9.17) is 9.47 Å². The minimum Gasteiger partial charge on any atom is -0.394 e. The fourth-order valence-electron chi connectivity index (χ4n) is 8.28. The summed E-state index contributed by atoms with van der Waals surface area (Å²) in [6, 6.07) is -1.19. The maximum absolute atomic E-state index is 13.1. The van der Waals surface area contributed by atoms with Crippen molar-refractivity contribution in [2.75, 3.05) is 13.2 Å². The van der Waals surface area contributed by atoms with E-state index in [-0.39, 0.29) is 12.8 Å². The number of allylic oxidation sites excluding steroid dienone is 6. The molecule has 0 radical (unpaired) electrons. The molecule has 0 aromatic rings. The molecular formula is C53H99NO10. The van der Waals surface area contributed by atoms with E-state index in [2.05, 4.69) is 55.6 Å². The molecule has 9 atom stereocenters. The van der Waals surface area contributed by atoms with Gasteiger partial charge in [-0.3, -0.25) is 4.79 Å². The third-order valence-corrected chi connectivity index (χ3v) is 12.6. The highest BCUT2D eigenvalue weighted by atomic mass is 16.7. The second-order valence-electron chi connectivity index (χ2n) is 18.6. The molecule has 11 heteroatoms. The van der Waals surface area contributed by atoms with Gasteiger partial charge in [0.25, 0.3) is 0 Å². The van der Waals surface area contributed by atoms with Crippen molar-refractivity contribution >= 4 is 5.91 Å². The maximum atomic E-state index is 13.1. The molecule has 9 unspecified atom stereocenters. The van der Waals surface area contributed by atoms with Crippen LogP contribution in [0.15, 0.2) is 36.5 Å². The van der Waals surface area contributed by atoms with Gasteiger partial charge in [-0.1, -0.05) is 185 Å². The Balaban J connectivity index is 2.41. The van der Waals surface area contributed by atoms with Gasteiger partial charge in [0.05, 0.1) is 25.4 Å². The first-order chi connectivity index (χ1) is 31.2. The topological polar surface area (TPSA) is 189 Å². The lowest BCUT2D eigenvalue weighted by molar-refractivity contribution is -0.303. The molecule has 8 N–H and O–H groups in total. The van der Waals surface area contributed by atoms with Crippen molar-refractivity contribution in [2.24, 2.45) is 0 Å². The Morgan fingerprint density at radius 2 is 0.938 bits per heavy atom. The van der Waals surface area contributed by atoms with Gasteiger partial charge in [-0.2, -0.15) is 0 Å². The number of hydrogen-bond acceptors (Lipinski definition) is 10. The zero-order chi connectivity index (χ0) is 46.9. The van der Waals surface area contributed by atoms with Gasteiger partial charge < -0.3 is 50.5 Å². The summed E-state index contributed by atoms with van der Waals surface area (Å²) in [6.07, 6.45) is 39.0. The lowest BCUT2D eigenvalue weighted by Gasteiger charge is -2.40. The number of unbranched alkanes of at least 4 members (excludes halogenated alkanes) is 26. The van der Waals surface area contributed by atoms with Gasteiger partial charge in [0, 0.05) is 0 Å². The molecule has 376 valence electrons. The fraction of sp³-hybridized carbons (Fsp3) is 0.868. The molecule has 1 saturated heterocycles. The van der Waals surface area contributed by atoms with Crippen LogP contribution in [0.25, 0.3) is 0 Å². The van der Waals surface area contributed by atoms with Crippen molar-refractivity contribution in [3.63, 3.8) is 0 Å². The molecule has 1 aliphatic rings. The quantitative estimate of drug-likeness (QED) is 0.0216. The van der Waals surface area contributed by atoms with E-state index in [1.54, 1.807) is 0 Å². The first-order valence-electron chi connectivity index (χ1n) is 26.4. The van der Waals surface area contributed by atoms with Crippen molar-refractivity contribution in [3.05, 3.63) is 36.5 Å². The summed E-state index contributed by atoms with van der Waals surface area (Å²) in [7, 11) is 0. The van der Waals surface area contributed by atoms with Gasteiger partial charge >= 0.3 is 0 Å². The number of amides is 1. The van der Waals surface area contributed by atoms with Crippen molar-refractivity contribution in [2.45, 2.75) is 281 Å². The van der Waals surface area contributed by atoms with Crippen molar-refractivity contribution in [1.29, 1.82) is 0 Å². The van der Waals surface area contributed by atoms with E-state index in [0.29, 0.717) is 19.3 Å². The van der Waals surface area contributed by atoms with Crippen LogP contribution in [0.2, 0.25) is 0 Å². The minimum absolute atomic E-state index is 0.244. The number of hydrogen-bond donors (Lipinski definition) is 8. The second kappa shape index (κ2) is 42.7. The number of carbonyl (C=O) groups is 1. The molecule has 1 aliphatic heterocycles. The second-order valence-corrected chi connectivity index (χ2v) is 18.6. The smallest absolute Gasteiger partial charge is 0.249 e. The summed E-state index contributed by atoms with van der Waals surface area (Å²) in [5.41, 5.74) is 0. The Bertz CT molecular complexity index is 1130. The standard InChI is InChI=1S/C53H99NO10/c1-3-5-7-9-11-13-15-17-19-21-22-23-25-27-29-31-33-35-37-39-41-46(57)52(62)54-44(43-63-53-51(61)50(60)49(59)47(42-55)64-53)48(58)45(56)40-38-36-34-32-30-28-26-24-20-18-16-14-12-10-8-6-4-2/h23-26,32,34,44-51,53,55-61H,3-22,27-31,33,35-43H2,1-2H3,(H,54,62)/b25-23-,26-24+,34-32+. The van der Waals surface area contributed by atoms with Gasteiger partial charge in [-0.25, -0.2) is 0 Å². The molecule has 1 heterocycles. The van der Waals surface area contributed by atoms with Crippen LogP contribution >= 0.6 is 0 Å². The molecule has 1 rings (SSSR count). The number of nitrogens with one attached hydrogen (secondary N) is 1. The van der Waals surface area contributed by atoms with E-state index in [9.17, 15) is 40.5 Å². The summed E-state index contributed by atoms with van der Waals surface area (Å²) in [5.74, 6) is -0.715. The summed E-state index contributed by atoms with van der Waals surface area (Å²) in [6.45, 7) is 3.43. The molecule has 1 fully saturated rings. The van der Waals surface area contributed by atoms with Crippen LogP contribution in [0.5, 0.6) is 0 Å². The van der Waals surface area contributed by atoms with Crippen molar-refractivity contribution < 1.29 is 50.0 Å². The van der Waals surface area contributed by atoms with Gasteiger partial charge in [0.15, 0.2) is 6.29 Å². The molecule has 0 bridgehead atoms. The zero-order valence-corrected chi connectivity index (χ0v) is 40.8. The monoisotopic (exact) mass is 910 g/mol. The highest BCUT2D eigenvalue weighted by Crippen LogP contribution is 2.23. The molecule has 1 amide bonds. The predicted octanol–water partition coefficient (Wildman–Crippen LogP) is 9.95. The zero-order valence-electron chi connectivity index (χ0n) is 40.8. The Morgan fingerprint density at radius 1 is 0.531 bits per heavy atom. The number of ether oxygens (including phenoxy) is 2. The molecule has 0 aromatic heterocycles. The molecule has 0 spiro atoms. The summed E-state index contributed by atoms with van der Waals surface area (Å²) in [5, 5.41) is 75.9. The predicted molar refractivity (Wildman–Crippen MR) is 261 cm³/mol. The lowest BCUT2D eigenvalue weighted by atomic mass is 9.98. The Hall–Kier alpha value is -1.67. The summed E-state index contributed by atoms with van der Waals surface area (Å²) < 4.78 is 11.1. The Kier molecular flexibility index (Phi) is 40.2. The molecule has 0 aromatic carbocycles. The number of carbonyl (C=O) groups excluding carboxylic acids is 1. The van der Waals surface area contributed by atoms with E-state index in [1.165, 1.54) is 122 Å². The van der Waals surface area contributed by atoms with Crippen molar-refractivity contribution in [3.8, 4) is 0 Å². The molecule has 64 heavy (non-hydrogen) atoms.